The van der Waals surface area contributed by atoms with Crippen LogP contribution in [0.25, 0.3) is 0 Å². The van der Waals surface area contributed by atoms with Gasteiger partial charge in [-0.3, -0.25) is 4.79 Å². The molecule has 0 unspecified atom stereocenters. The number of aryl methyl sites for hydroxylation is 2. The van der Waals surface area contributed by atoms with Crippen LogP contribution in [0.15, 0.2) is 35.2 Å². The van der Waals surface area contributed by atoms with Crippen molar-refractivity contribution in [2.24, 2.45) is 0 Å². The zero-order valence-electron chi connectivity index (χ0n) is 14.4. The molecule has 0 radical (unpaired) electrons. The van der Waals surface area contributed by atoms with E-state index in [1.165, 1.54) is 13.0 Å². The van der Waals surface area contributed by atoms with Crippen LogP contribution in [0.4, 0.5) is 5.69 Å². The predicted molar refractivity (Wildman–Crippen MR) is 93.9 cm³/mol. The first kappa shape index (κ1) is 18.0. The Morgan fingerprint density at radius 3 is 2.08 bits per heavy atom. The van der Waals surface area contributed by atoms with Crippen LogP contribution >= 0.6 is 0 Å². The molecule has 0 aliphatic heterocycles. The molecule has 2 aromatic rings. The largest absolute Gasteiger partial charge is 0.377 e. The van der Waals surface area contributed by atoms with Gasteiger partial charge in [0, 0.05) is 6.92 Å². The molecule has 6 heteroatoms. The van der Waals surface area contributed by atoms with Crippen LogP contribution in [-0.2, 0) is 14.9 Å². The first-order valence-electron chi connectivity index (χ1n) is 7.52. The molecule has 0 saturated carbocycles. The van der Waals surface area contributed by atoms with Crippen LogP contribution in [0.5, 0.6) is 5.75 Å². The fourth-order valence-corrected chi connectivity index (χ4v) is 4.08. The summed E-state index contributed by atoms with van der Waals surface area (Å²) in [6.45, 7) is 8.61. The number of rotatable bonds is 4. The van der Waals surface area contributed by atoms with E-state index in [-0.39, 0.29) is 16.6 Å². The third-order valence-electron chi connectivity index (χ3n) is 3.94. The van der Waals surface area contributed by atoms with E-state index < -0.39 is 10.1 Å². The molecule has 128 valence electrons. The molecule has 0 saturated heterocycles. The van der Waals surface area contributed by atoms with Crippen molar-refractivity contribution in [2.75, 3.05) is 5.32 Å². The second-order valence-corrected chi connectivity index (χ2v) is 7.29. The highest BCUT2D eigenvalue weighted by atomic mass is 32.2. The maximum absolute atomic E-state index is 12.9. The normalized spacial score (nSPS) is 11.2. The summed E-state index contributed by atoms with van der Waals surface area (Å²) in [5, 5.41) is 2.57. The third kappa shape index (κ3) is 3.59. The van der Waals surface area contributed by atoms with Gasteiger partial charge < -0.3 is 9.50 Å². The lowest BCUT2D eigenvalue weighted by Crippen LogP contribution is -2.16. The second-order valence-electron chi connectivity index (χ2n) is 5.80. The topological polar surface area (TPSA) is 72.5 Å². The Kier molecular flexibility index (Phi) is 4.99. The molecule has 24 heavy (non-hydrogen) atoms. The van der Waals surface area contributed by atoms with Crippen molar-refractivity contribution >= 4 is 21.7 Å². The van der Waals surface area contributed by atoms with Gasteiger partial charge in [0.2, 0.25) is 5.91 Å². The number of carbonyl (C=O) groups excluding carboxylic acids is 1. The van der Waals surface area contributed by atoms with E-state index in [0.29, 0.717) is 16.8 Å². The van der Waals surface area contributed by atoms with E-state index >= 15 is 0 Å². The number of anilines is 1. The number of hydrogen-bond acceptors (Lipinski definition) is 4. The molecule has 0 heterocycles. The van der Waals surface area contributed by atoms with E-state index in [9.17, 15) is 13.2 Å². The van der Waals surface area contributed by atoms with Gasteiger partial charge in [0.05, 0.1) is 5.69 Å². The second kappa shape index (κ2) is 6.65. The number of carbonyl (C=O) groups is 1. The highest BCUT2D eigenvalue weighted by Gasteiger charge is 2.25. The fraction of sp³-hybridized carbons (Fsp3) is 0.278. The van der Waals surface area contributed by atoms with Gasteiger partial charge in [-0.05, 0) is 62.1 Å². The van der Waals surface area contributed by atoms with E-state index in [4.69, 9.17) is 4.18 Å². The summed E-state index contributed by atoms with van der Waals surface area (Å²) < 4.78 is 31.1. The molecule has 5 nitrogen and oxygen atoms in total. The summed E-state index contributed by atoms with van der Waals surface area (Å²) in [6.07, 6.45) is 0. The van der Waals surface area contributed by atoms with Crippen molar-refractivity contribution in [3.05, 3.63) is 52.6 Å². The molecule has 0 fully saturated rings. The van der Waals surface area contributed by atoms with Crippen molar-refractivity contribution in [3.8, 4) is 5.75 Å². The molecular weight excluding hydrogens is 326 g/mol. The average Bonchev–Trinajstić information content (AvgIpc) is 2.46. The Balaban J connectivity index is 2.54. The summed E-state index contributed by atoms with van der Waals surface area (Å²) in [5.41, 5.74) is 3.41. The van der Waals surface area contributed by atoms with Crippen LogP contribution in [0, 0.1) is 27.7 Å². The molecule has 0 aliphatic carbocycles. The molecule has 0 atom stereocenters. The Morgan fingerprint density at radius 1 is 1.00 bits per heavy atom. The Hall–Kier alpha value is -2.34. The van der Waals surface area contributed by atoms with Gasteiger partial charge in [0.1, 0.15) is 4.90 Å². The summed E-state index contributed by atoms with van der Waals surface area (Å²) >= 11 is 0. The molecule has 0 aliphatic rings. The van der Waals surface area contributed by atoms with Gasteiger partial charge in [0.25, 0.3) is 0 Å². The summed E-state index contributed by atoms with van der Waals surface area (Å²) in [7, 11) is -4.03. The van der Waals surface area contributed by atoms with E-state index in [1.807, 2.05) is 19.9 Å². The molecule has 1 N–H and O–H groups in total. The average molecular weight is 347 g/mol. The number of benzene rings is 2. The lowest BCUT2D eigenvalue weighted by Gasteiger charge is -2.17. The van der Waals surface area contributed by atoms with Gasteiger partial charge in [-0.15, -0.1) is 0 Å². The minimum Gasteiger partial charge on any atom is -0.377 e. The Morgan fingerprint density at radius 2 is 1.54 bits per heavy atom. The van der Waals surface area contributed by atoms with Crippen molar-refractivity contribution in [2.45, 2.75) is 39.5 Å². The number of amides is 1. The molecule has 0 aromatic heterocycles. The quantitative estimate of drug-likeness (QED) is 0.857. The van der Waals surface area contributed by atoms with Crippen LogP contribution in [0.3, 0.4) is 0 Å². The molecule has 1 amide bonds. The van der Waals surface area contributed by atoms with Crippen LogP contribution < -0.4 is 9.50 Å². The number of para-hydroxylation sites is 2. The minimum atomic E-state index is -4.03. The first-order chi connectivity index (χ1) is 11.1. The molecular formula is C18H21NO4S. The maximum Gasteiger partial charge on any atom is 0.339 e. The fourth-order valence-electron chi connectivity index (χ4n) is 2.55. The molecule has 0 bridgehead atoms. The van der Waals surface area contributed by atoms with E-state index in [0.717, 1.165) is 11.1 Å². The monoisotopic (exact) mass is 347 g/mol. The van der Waals surface area contributed by atoms with Crippen molar-refractivity contribution in [1.29, 1.82) is 0 Å². The van der Waals surface area contributed by atoms with E-state index in [1.54, 1.807) is 32.0 Å². The number of nitrogens with one attached hydrogen (secondary N) is 1. The Labute approximate surface area is 142 Å². The first-order valence-corrected chi connectivity index (χ1v) is 8.93. The van der Waals surface area contributed by atoms with E-state index in [2.05, 4.69) is 5.32 Å². The third-order valence-corrected chi connectivity index (χ3v) is 5.46. The molecule has 0 spiro atoms. The Bertz CT molecular complexity index is 875. The van der Waals surface area contributed by atoms with Gasteiger partial charge in [-0.2, -0.15) is 8.42 Å². The van der Waals surface area contributed by atoms with Crippen molar-refractivity contribution in [3.63, 3.8) is 0 Å². The predicted octanol–water partition coefficient (Wildman–Crippen LogP) is 3.65. The maximum atomic E-state index is 12.9. The smallest absolute Gasteiger partial charge is 0.339 e. The lowest BCUT2D eigenvalue weighted by atomic mass is 10.0. The van der Waals surface area contributed by atoms with Crippen LogP contribution in [0.2, 0.25) is 0 Å². The zero-order valence-corrected chi connectivity index (χ0v) is 15.2. The summed E-state index contributed by atoms with van der Waals surface area (Å²) in [6, 6.07) is 8.40. The number of hydrogen-bond donors (Lipinski definition) is 1. The van der Waals surface area contributed by atoms with Gasteiger partial charge >= 0.3 is 10.1 Å². The van der Waals surface area contributed by atoms with Crippen molar-refractivity contribution in [1.82, 2.24) is 0 Å². The van der Waals surface area contributed by atoms with Crippen LogP contribution in [0.1, 0.15) is 29.2 Å². The molecule has 2 rings (SSSR count). The highest BCUT2D eigenvalue weighted by molar-refractivity contribution is 7.87. The standard InChI is InChI=1S/C18H21NO4S/c1-11-10-12(2)14(4)18(13(11)3)24(21,22)23-17-9-7-6-8-16(17)19-15(5)20/h6-10H,1-5H3,(H,19,20). The van der Waals surface area contributed by atoms with Gasteiger partial charge in [-0.1, -0.05) is 18.2 Å². The van der Waals surface area contributed by atoms with Gasteiger partial charge in [0.15, 0.2) is 5.75 Å². The molecule has 2 aromatic carbocycles. The lowest BCUT2D eigenvalue weighted by molar-refractivity contribution is -0.114. The van der Waals surface area contributed by atoms with Gasteiger partial charge in [-0.25, -0.2) is 0 Å². The zero-order chi connectivity index (χ0) is 18.1. The summed E-state index contributed by atoms with van der Waals surface area (Å²) in [4.78, 5) is 11.5. The minimum absolute atomic E-state index is 0.0886. The van der Waals surface area contributed by atoms with Crippen molar-refractivity contribution < 1.29 is 17.4 Å². The van der Waals surface area contributed by atoms with Crippen LogP contribution in [-0.4, -0.2) is 14.3 Å². The highest BCUT2D eigenvalue weighted by Crippen LogP contribution is 2.31. The SMILES string of the molecule is CC(=O)Nc1ccccc1OS(=O)(=O)c1c(C)c(C)cc(C)c1C. The summed E-state index contributed by atoms with van der Waals surface area (Å²) in [5.74, 6) is -0.215.